The van der Waals surface area contributed by atoms with Gasteiger partial charge in [-0.3, -0.25) is 25.0 Å². The summed E-state index contributed by atoms with van der Waals surface area (Å²) in [6, 6.07) is 3.55. The van der Waals surface area contributed by atoms with Crippen LogP contribution in [0.25, 0.3) is 0 Å². The third-order valence-corrected chi connectivity index (χ3v) is 4.85. The summed E-state index contributed by atoms with van der Waals surface area (Å²) < 4.78 is 4.96. The van der Waals surface area contributed by atoms with Gasteiger partial charge in [0.2, 0.25) is 5.13 Å². The van der Waals surface area contributed by atoms with Gasteiger partial charge in [-0.1, -0.05) is 34.7 Å². The van der Waals surface area contributed by atoms with Gasteiger partial charge in [-0.15, -0.1) is 10.2 Å². The molecule has 0 aliphatic carbocycles. The number of esters is 1. The van der Waals surface area contributed by atoms with Crippen LogP contribution in [-0.4, -0.2) is 39.9 Å². The number of anilines is 1. The predicted octanol–water partition coefficient (Wildman–Crippen LogP) is 2.62. The monoisotopic (exact) mass is 388 g/mol. The van der Waals surface area contributed by atoms with Crippen LogP contribution in [0.2, 0.25) is 5.02 Å². The molecular weight excluding hydrogens is 380 g/mol. The molecule has 0 radical (unpaired) electrons. The lowest BCUT2D eigenvalue weighted by atomic mass is 10.2. The first-order valence-corrected chi connectivity index (χ1v) is 8.37. The zero-order valence-electron chi connectivity index (χ0n) is 12.0. The van der Waals surface area contributed by atoms with E-state index in [2.05, 4.69) is 20.3 Å². The molecule has 0 fully saturated rings. The molecule has 24 heavy (non-hydrogen) atoms. The highest BCUT2D eigenvalue weighted by Crippen LogP contribution is 2.27. The van der Waals surface area contributed by atoms with E-state index < -0.39 is 16.8 Å². The van der Waals surface area contributed by atoms with E-state index in [1.807, 2.05) is 0 Å². The molecule has 0 unspecified atom stereocenters. The molecule has 0 aliphatic rings. The number of aromatic nitrogens is 2. The molecule has 0 bridgehead atoms. The maximum Gasteiger partial charge on any atom is 0.316 e. The van der Waals surface area contributed by atoms with E-state index in [0.29, 0.717) is 4.34 Å². The molecule has 0 saturated carbocycles. The van der Waals surface area contributed by atoms with Crippen LogP contribution in [0.3, 0.4) is 0 Å². The molecule has 1 amide bonds. The summed E-state index contributed by atoms with van der Waals surface area (Å²) in [7, 11) is 1.28. The van der Waals surface area contributed by atoms with Gasteiger partial charge in [-0.2, -0.15) is 0 Å². The summed E-state index contributed by atoms with van der Waals surface area (Å²) in [6.07, 6.45) is 0. The molecule has 0 spiro atoms. The first-order chi connectivity index (χ1) is 11.4. The summed E-state index contributed by atoms with van der Waals surface area (Å²) in [5, 5.41) is 21.0. The lowest BCUT2D eigenvalue weighted by Gasteiger charge is -2.03. The molecule has 1 N–H and O–H groups in total. The van der Waals surface area contributed by atoms with E-state index >= 15 is 0 Å². The van der Waals surface area contributed by atoms with Gasteiger partial charge in [0.05, 0.1) is 28.4 Å². The Kier molecular flexibility index (Phi) is 6.06. The van der Waals surface area contributed by atoms with Crippen molar-refractivity contribution in [2.45, 2.75) is 4.34 Å². The van der Waals surface area contributed by atoms with Gasteiger partial charge in [0.25, 0.3) is 11.6 Å². The molecule has 9 nitrogen and oxygen atoms in total. The fourth-order valence-electron chi connectivity index (χ4n) is 1.46. The molecule has 0 aliphatic heterocycles. The van der Waals surface area contributed by atoms with Crippen molar-refractivity contribution >= 4 is 57.4 Å². The number of thioether (sulfide) groups is 1. The van der Waals surface area contributed by atoms with Crippen LogP contribution in [0.15, 0.2) is 22.5 Å². The smallest absolute Gasteiger partial charge is 0.316 e. The number of methoxy groups -OCH3 is 1. The number of halogens is 1. The number of non-ortho nitro benzene ring substituents is 1. The van der Waals surface area contributed by atoms with Crippen LogP contribution in [0.1, 0.15) is 10.4 Å². The van der Waals surface area contributed by atoms with Crippen molar-refractivity contribution in [1.82, 2.24) is 10.2 Å². The molecule has 1 aromatic heterocycles. The van der Waals surface area contributed by atoms with E-state index in [4.69, 9.17) is 11.6 Å². The Bertz CT molecular complexity index is 798. The highest BCUT2D eigenvalue weighted by molar-refractivity contribution is 8.01. The molecule has 12 heteroatoms. The van der Waals surface area contributed by atoms with Gasteiger partial charge in [0.15, 0.2) is 4.34 Å². The molecule has 126 valence electrons. The molecule has 1 aromatic carbocycles. The number of ether oxygens (including phenoxy) is 1. The third-order valence-electron chi connectivity index (χ3n) is 2.57. The number of nitrogens with zero attached hydrogens (tertiary/aromatic N) is 3. The van der Waals surface area contributed by atoms with Crippen LogP contribution < -0.4 is 5.32 Å². The van der Waals surface area contributed by atoms with Crippen LogP contribution >= 0.6 is 34.7 Å². The molecule has 1 heterocycles. The van der Waals surface area contributed by atoms with E-state index in [9.17, 15) is 19.7 Å². The maximum absolute atomic E-state index is 12.2. The molecule has 0 saturated heterocycles. The number of carbonyl (C=O) groups is 2. The van der Waals surface area contributed by atoms with Gasteiger partial charge in [0.1, 0.15) is 0 Å². The van der Waals surface area contributed by atoms with Gasteiger partial charge in [-0.05, 0) is 6.07 Å². The highest BCUT2D eigenvalue weighted by Gasteiger charge is 2.17. The quantitative estimate of drug-likeness (QED) is 0.263. The minimum Gasteiger partial charge on any atom is -0.468 e. The Hall–Kier alpha value is -2.24. The lowest BCUT2D eigenvalue weighted by Crippen LogP contribution is -2.12. The van der Waals surface area contributed by atoms with E-state index in [-0.39, 0.29) is 27.2 Å². The number of hydrogen-bond acceptors (Lipinski definition) is 9. The number of nitro groups is 1. The number of amides is 1. The Morgan fingerprint density at radius 1 is 1.46 bits per heavy atom. The van der Waals surface area contributed by atoms with Gasteiger partial charge < -0.3 is 4.74 Å². The topological polar surface area (TPSA) is 124 Å². The minimum atomic E-state index is -0.649. The van der Waals surface area contributed by atoms with Crippen LogP contribution in [0.4, 0.5) is 10.8 Å². The number of nitrogens with one attached hydrogen (secondary N) is 1. The summed E-state index contributed by atoms with van der Waals surface area (Å²) in [4.78, 5) is 33.4. The number of benzene rings is 1. The summed E-state index contributed by atoms with van der Waals surface area (Å²) in [5.41, 5.74) is -0.305. The van der Waals surface area contributed by atoms with Crippen molar-refractivity contribution in [1.29, 1.82) is 0 Å². The van der Waals surface area contributed by atoms with E-state index in [0.717, 1.165) is 29.2 Å². The third kappa shape index (κ3) is 4.63. The molecule has 2 aromatic rings. The van der Waals surface area contributed by atoms with Crippen molar-refractivity contribution in [2.75, 3.05) is 18.2 Å². The molecule has 2 rings (SSSR count). The summed E-state index contributed by atoms with van der Waals surface area (Å²) in [5.74, 6) is -0.996. The van der Waals surface area contributed by atoms with Gasteiger partial charge in [-0.25, -0.2) is 0 Å². The van der Waals surface area contributed by atoms with Crippen molar-refractivity contribution in [3.8, 4) is 0 Å². The molecular formula is C12H9ClN4O5S2. The second-order valence-electron chi connectivity index (χ2n) is 4.11. The number of rotatable bonds is 6. The second-order valence-corrected chi connectivity index (χ2v) is 6.72. The average Bonchev–Trinajstić information content (AvgIpc) is 3.00. The fourth-order valence-corrected chi connectivity index (χ4v) is 3.25. The lowest BCUT2D eigenvalue weighted by molar-refractivity contribution is -0.384. The average molecular weight is 389 g/mol. The SMILES string of the molecule is COC(=O)CSc1nnc(NC(=O)c2cc([N+](=O)[O-])ccc2Cl)s1. The standard InChI is InChI=1S/C12H9ClN4O5S2/c1-22-9(18)5-23-12-16-15-11(24-12)14-10(19)7-4-6(17(20)21)2-3-8(7)13/h2-4H,5H2,1H3,(H,14,15,19). The van der Waals surface area contributed by atoms with Crippen molar-refractivity contribution in [2.24, 2.45) is 0 Å². The Morgan fingerprint density at radius 2 is 2.21 bits per heavy atom. The normalized spacial score (nSPS) is 10.2. The summed E-state index contributed by atoms with van der Waals surface area (Å²) in [6.45, 7) is 0. The minimum absolute atomic E-state index is 0.0511. The van der Waals surface area contributed by atoms with Crippen molar-refractivity contribution in [3.63, 3.8) is 0 Å². The maximum atomic E-state index is 12.2. The Balaban J connectivity index is 2.07. The Morgan fingerprint density at radius 3 is 2.88 bits per heavy atom. The van der Waals surface area contributed by atoms with Crippen LogP contribution in [-0.2, 0) is 9.53 Å². The van der Waals surface area contributed by atoms with E-state index in [1.165, 1.54) is 19.2 Å². The highest BCUT2D eigenvalue weighted by atomic mass is 35.5. The zero-order chi connectivity index (χ0) is 17.7. The van der Waals surface area contributed by atoms with Gasteiger partial charge >= 0.3 is 5.97 Å². The number of hydrogen-bond donors (Lipinski definition) is 1. The van der Waals surface area contributed by atoms with E-state index in [1.54, 1.807) is 0 Å². The van der Waals surface area contributed by atoms with Crippen LogP contribution in [0.5, 0.6) is 0 Å². The van der Waals surface area contributed by atoms with Crippen molar-refractivity contribution < 1.29 is 19.2 Å². The molecule has 0 atom stereocenters. The fraction of sp³-hybridized carbons (Fsp3) is 0.167. The second kappa shape index (κ2) is 8.04. The first kappa shape index (κ1) is 18.1. The number of carbonyl (C=O) groups excluding carboxylic acids is 2. The first-order valence-electron chi connectivity index (χ1n) is 6.19. The predicted molar refractivity (Wildman–Crippen MR) is 88.7 cm³/mol. The van der Waals surface area contributed by atoms with Crippen molar-refractivity contribution in [3.05, 3.63) is 38.9 Å². The zero-order valence-corrected chi connectivity index (χ0v) is 14.4. The number of nitro benzene ring substituents is 1. The summed E-state index contributed by atoms with van der Waals surface area (Å²) >= 11 is 8.05. The Labute approximate surface area is 148 Å². The largest absolute Gasteiger partial charge is 0.468 e. The van der Waals surface area contributed by atoms with Gasteiger partial charge in [0, 0.05) is 12.1 Å². The van der Waals surface area contributed by atoms with Crippen LogP contribution in [0, 0.1) is 10.1 Å².